The lowest BCUT2D eigenvalue weighted by Gasteiger charge is -2.31. The number of anilines is 5. The van der Waals surface area contributed by atoms with E-state index in [2.05, 4.69) is 15.7 Å². The van der Waals surface area contributed by atoms with Crippen LogP contribution in [0.3, 0.4) is 0 Å². The summed E-state index contributed by atoms with van der Waals surface area (Å²) >= 11 is 1.58. The van der Waals surface area contributed by atoms with Crippen LogP contribution >= 0.6 is 11.3 Å². The average Bonchev–Trinajstić information content (AvgIpc) is 1.92. The first-order chi connectivity index (χ1) is 41.9. The van der Waals surface area contributed by atoms with E-state index in [-0.39, 0.29) is 31.1 Å². The van der Waals surface area contributed by atoms with E-state index in [1.165, 1.54) is 16.4 Å². The minimum Gasteiger partial charge on any atom is -0.493 e. The van der Waals surface area contributed by atoms with Gasteiger partial charge in [0, 0.05) is 86.8 Å². The Morgan fingerprint density at radius 2 is 1.22 bits per heavy atom. The summed E-state index contributed by atoms with van der Waals surface area (Å²) in [4.78, 5) is 4.02. The van der Waals surface area contributed by atoms with Crippen molar-refractivity contribution in [3.8, 4) is 40.6 Å². The van der Waals surface area contributed by atoms with Gasteiger partial charge >= 0.3 is 0 Å². The molecule has 1 aliphatic heterocycles. The molecule has 1 aromatic heterocycles. The second-order valence-electron chi connectivity index (χ2n) is 21.4. The minimum absolute atomic E-state index is 0.0585. The van der Waals surface area contributed by atoms with E-state index in [0.29, 0.717) is 107 Å². The zero-order valence-electron chi connectivity index (χ0n) is 48.5. The Kier molecular flexibility index (Phi) is 19.4. The third kappa shape index (κ3) is 16.5. The predicted molar refractivity (Wildman–Crippen MR) is 339 cm³/mol. The molecule has 8 aromatic carbocycles. The minimum atomic E-state index is -4.13. The van der Waals surface area contributed by atoms with E-state index in [0.717, 1.165) is 59.5 Å². The summed E-state index contributed by atoms with van der Waals surface area (Å²) in [5.74, 6) is 1.84. The smallest absolute Gasteiger partial charge is 0.236 e. The molecule has 0 amide bonds. The molecule has 0 saturated carbocycles. The van der Waals surface area contributed by atoms with Gasteiger partial charge in [0.1, 0.15) is 46.1 Å². The van der Waals surface area contributed by atoms with Gasteiger partial charge in [0.2, 0.25) is 20.0 Å². The molecule has 19 heteroatoms. The van der Waals surface area contributed by atoms with E-state index in [1.54, 1.807) is 72.0 Å². The van der Waals surface area contributed by atoms with E-state index in [9.17, 15) is 30.9 Å². The van der Waals surface area contributed by atoms with Crippen molar-refractivity contribution in [1.82, 2.24) is 0 Å². The summed E-state index contributed by atoms with van der Waals surface area (Å²) in [5.41, 5.74) is 8.09. The molecule has 1 fully saturated rings. The maximum atomic E-state index is 14.9. The zero-order valence-corrected chi connectivity index (χ0v) is 50.9. The van der Waals surface area contributed by atoms with Gasteiger partial charge in [0.05, 0.1) is 61.0 Å². The highest BCUT2D eigenvalue weighted by molar-refractivity contribution is 7.92. The number of sulfonamides is 2. The van der Waals surface area contributed by atoms with Crippen molar-refractivity contribution < 1.29 is 49.3 Å². The SMILES string of the molecule is Cc1c(NS(C)(=O)=O)cccc1N(Cc1ccc(Oc2cc(OCCc3ccsc3)cc(N(c3cccc(N(Cc4ccc(Oc5cccc(OCC6CCOC6)c5)cc4)Cc4cc(F)cc(F)c4)c3C)S(C)(=O)=O)c2)cc1)Cc1ccccc1C#N. The molecule has 1 saturated heterocycles. The van der Waals surface area contributed by atoms with Crippen LogP contribution in [0.5, 0.6) is 34.5 Å². The van der Waals surface area contributed by atoms with E-state index < -0.39 is 31.7 Å². The number of nitrogens with one attached hydrogen (secondary N) is 1. The van der Waals surface area contributed by atoms with Crippen LogP contribution in [-0.2, 0) is 57.4 Å². The summed E-state index contributed by atoms with van der Waals surface area (Å²) < 4.78 is 118. The molecule has 1 atom stereocenters. The van der Waals surface area contributed by atoms with Crippen LogP contribution in [0.1, 0.15) is 50.9 Å². The molecular formula is C68H65F2N5O9S3. The summed E-state index contributed by atoms with van der Waals surface area (Å²) in [6.07, 6.45) is 3.79. The fraction of sp³-hybridized carbons (Fsp3) is 0.221. The fourth-order valence-electron chi connectivity index (χ4n) is 10.4. The van der Waals surface area contributed by atoms with Gasteiger partial charge in [-0.2, -0.15) is 16.6 Å². The Balaban J connectivity index is 0.944. The monoisotopic (exact) mass is 1230 g/mol. The maximum Gasteiger partial charge on any atom is 0.236 e. The lowest BCUT2D eigenvalue weighted by molar-refractivity contribution is 0.167. The molecule has 1 aliphatic rings. The van der Waals surface area contributed by atoms with Crippen molar-refractivity contribution in [2.24, 2.45) is 5.92 Å². The highest BCUT2D eigenvalue weighted by atomic mass is 32.2. The first-order valence-electron chi connectivity index (χ1n) is 28.1. The normalized spacial score (nSPS) is 13.1. The third-order valence-corrected chi connectivity index (χ3v) is 17.0. The van der Waals surface area contributed by atoms with Crippen molar-refractivity contribution in [1.29, 1.82) is 5.26 Å². The van der Waals surface area contributed by atoms with E-state index in [4.69, 9.17) is 23.7 Å². The van der Waals surface area contributed by atoms with Crippen LogP contribution in [-0.4, -0.2) is 55.8 Å². The first kappa shape index (κ1) is 61.2. The number of nitrogens with zero attached hydrogens (tertiary/aromatic N) is 4. The van der Waals surface area contributed by atoms with E-state index >= 15 is 0 Å². The molecule has 1 N–H and O–H groups in total. The molecule has 1 unspecified atom stereocenters. The number of hydrogen-bond acceptors (Lipinski definition) is 13. The van der Waals surface area contributed by atoms with Crippen LogP contribution in [0, 0.1) is 42.7 Å². The van der Waals surface area contributed by atoms with Crippen molar-refractivity contribution >= 4 is 59.8 Å². The first-order valence-corrected chi connectivity index (χ1v) is 32.8. The number of benzene rings is 8. The lowest BCUT2D eigenvalue weighted by Crippen LogP contribution is -2.27. The highest BCUT2D eigenvalue weighted by Gasteiger charge is 2.27. The largest absolute Gasteiger partial charge is 0.493 e. The number of thiophene rings is 1. The Hall–Kier alpha value is -8.93. The topological polar surface area (TPSA) is 160 Å². The third-order valence-electron chi connectivity index (χ3n) is 14.6. The van der Waals surface area contributed by atoms with Gasteiger partial charge in [0.15, 0.2) is 0 Å². The number of hydrogen-bond donors (Lipinski definition) is 1. The molecule has 0 bridgehead atoms. The van der Waals surface area contributed by atoms with Crippen LogP contribution in [0.4, 0.5) is 37.2 Å². The molecule has 14 nitrogen and oxygen atoms in total. The molecule has 0 aliphatic carbocycles. The second-order valence-corrected chi connectivity index (χ2v) is 25.8. The summed E-state index contributed by atoms with van der Waals surface area (Å²) in [6, 6.07) is 53.1. The van der Waals surface area contributed by atoms with Gasteiger partial charge in [-0.3, -0.25) is 4.72 Å². The Labute approximate surface area is 511 Å². The predicted octanol–water partition coefficient (Wildman–Crippen LogP) is 15.0. The van der Waals surface area contributed by atoms with Crippen LogP contribution in [0.25, 0.3) is 0 Å². The van der Waals surface area contributed by atoms with Gasteiger partial charge in [0.25, 0.3) is 0 Å². The molecule has 87 heavy (non-hydrogen) atoms. The molecular weight excluding hydrogens is 1160 g/mol. The quantitative estimate of drug-likeness (QED) is 0.0547. The summed E-state index contributed by atoms with van der Waals surface area (Å²) in [7, 11) is -7.71. The average molecular weight is 1230 g/mol. The number of rotatable bonds is 26. The summed E-state index contributed by atoms with van der Waals surface area (Å²) in [5, 5.41) is 14.0. The number of nitriles is 1. The lowest BCUT2D eigenvalue weighted by atomic mass is 10.1. The molecule has 0 spiro atoms. The van der Waals surface area contributed by atoms with Crippen molar-refractivity contribution in [3.05, 3.63) is 243 Å². The summed E-state index contributed by atoms with van der Waals surface area (Å²) in [6.45, 7) is 6.94. The van der Waals surface area contributed by atoms with Gasteiger partial charge in [-0.25, -0.2) is 29.9 Å². The van der Waals surface area contributed by atoms with Crippen molar-refractivity contribution in [3.63, 3.8) is 0 Å². The second kappa shape index (κ2) is 27.6. The van der Waals surface area contributed by atoms with Crippen LogP contribution in [0.2, 0.25) is 0 Å². The maximum absolute atomic E-state index is 14.9. The van der Waals surface area contributed by atoms with Gasteiger partial charge < -0.3 is 33.5 Å². The molecule has 10 rings (SSSR count). The van der Waals surface area contributed by atoms with Gasteiger partial charge in [-0.05, 0) is 155 Å². The molecule has 448 valence electrons. The van der Waals surface area contributed by atoms with Crippen LogP contribution < -0.4 is 37.8 Å². The number of ether oxygens (including phenoxy) is 5. The molecule has 9 aromatic rings. The fourth-order valence-corrected chi connectivity index (χ4v) is 12.8. The van der Waals surface area contributed by atoms with Crippen LogP contribution in [0.15, 0.2) is 187 Å². The Bertz CT molecular complexity index is 4100. The molecule has 2 heterocycles. The Morgan fingerprint density at radius 3 is 1.87 bits per heavy atom. The van der Waals surface area contributed by atoms with Crippen molar-refractivity contribution in [2.75, 3.05) is 57.8 Å². The molecule has 0 radical (unpaired) electrons. The zero-order chi connectivity index (χ0) is 61.1. The highest BCUT2D eigenvalue weighted by Crippen LogP contribution is 2.41. The van der Waals surface area contributed by atoms with E-state index in [1.807, 2.05) is 127 Å². The van der Waals surface area contributed by atoms with Gasteiger partial charge in [-0.1, -0.05) is 60.7 Å². The Morgan fingerprint density at radius 1 is 0.609 bits per heavy atom. The standard InChI is InChI=1S/C68H65F2N5O9S3/c1-47-65(72-86(3,76)77)14-8-15-66(47)74(43-55-11-6-5-10-54(55)39-71)41-50-20-24-60(25-21-50)84-64-36-58(35-63(38-64)81-30-27-51-28-31-85-46-51)75(87(4,78)79)68-17-9-16-67(48(68)2)73(42-53-32-56(69)34-57(70)33-53)40-49-18-22-59(23-19-49)83-62-13-7-12-61(37-62)82-45-52-26-29-80-44-52/h5-25,28,31-38,46,52,72H,26-27,29-30,40-45H2,1-4H3. The van der Waals surface area contributed by atoms with Crippen molar-refractivity contribution in [2.45, 2.75) is 52.9 Å². The number of halogens is 2. The van der Waals surface area contributed by atoms with Gasteiger partial charge in [-0.15, -0.1) is 0 Å².